The van der Waals surface area contributed by atoms with Crippen molar-refractivity contribution in [1.82, 2.24) is 0 Å². The molecule has 0 spiro atoms. The van der Waals surface area contributed by atoms with Crippen molar-refractivity contribution >= 4 is 18.0 Å². The highest BCUT2D eigenvalue weighted by Crippen LogP contribution is 2.24. The van der Waals surface area contributed by atoms with E-state index in [4.69, 9.17) is 14.6 Å². The van der Waals surface area contributed by atoms with Crippen molar-refractivity contribution in [2.75, 3.05) is 6.61 Å². The van der Waals surface area contributed by atoms with Gasteiger partial charge in [-0.25, -0.2) is 9.59 Å². The average molecular weight is 286 g/mol. The fourth-order valence-electron chi connectivity index (χ4n) is 1.75. The lowest BCUT2D eigenvalue weighted by Gasteiger charge is -2.29. The van der Waals surface area contributed by atoms with Crippen LogP contribution in [0.3, 0.4) is 0 Å². The third kappa shape index (κ3) is 3.71. The molecule has 0 aliphatic carbocycles. The van der Waals surface area contributed by atoms with Crippen LogP contribution in [0.5, 0.6) is 0 Å². The summed E-state index contributed by atoms with van der Waals surface area (Å²) in [5, 5.41) is 8.61. The first-order valence-electron chi connectivity index (χ1n) is 6.29. The minimum Gasteiger partial charge on any atom is -0.419 e. The van der Waals surface area contributed by atoms with Gasteiger partial charge in [-0.05, 0) is 23.8 Å². The van der Waals surface area contributed by atoms with E-state index in [1.807, 2.05) is 0 Å². The lowest BCUT2D eigenvalue weighted by atomic mass is 10.1. The maximum absolute atomic E-state index is 11.8. The third-order valence-corrected chi connectivity index (χ3v) is 2.65. The van der Waals surface area contributed by atoms with Crippen LogP contribution in [0, 0.1) is 11.8 Å². The largest absolute Gasteiger partial charge is 0.419 e. The molecule has 21 heavy (non-hydrogen) atoms. The third-order valence-electron chi connectivity index (χ3n) is 2.65. The summed E-state index contributed by atoms with van der Waals surface area (Å²) in [6.07, 6.45) is 1.41. The molecule has 1 saturated heterocycles. The number of carbonyl (C=O) groups is 2. The van der Waals surface area contributed by atoms with E-state index in [0.29, 0.717) is 5.56 Å². The molecule has 0 bridgehead atoms. The first-order valence-corrected chi connectivity index (χ1v) is 6.29. The number of rotatable bonds is 1. The SMILES string of the molecule is CC1(C)OC(=O)C(=Cc2ccc(C#CCO)cc2)C(=O)O1. The summed E-state index contributed by atoms with van der Waals surface area (Å²) in [7, 11) is 0. The van der Waals surface area contributed by atoms with Gasteiger partial charge < -0.3 is 14.6 Å². The van der Waals surface area contributed by atoms with Crippen LogP contribution in [0.1, 0.15) is 25.0 Å². The van der Waals surface area contributed by atoms with Crippen LogP contribution in [-0.4, -0.2) is 29.4 Å². The van der Waals surface area contributed by atoms with Crippen LogP contribution in [-0.2, 0) is 19.1 Å². The molecule has 1 aromatic rings. The number of aliphatic hydroxyl groups excluding tert-OH is 1. The molecule has 0 saturated carbocycles. The maximum Gasteiger partial charge on any atom is 0.348 e. The second-order valence-electron chi connectivity index (χ2n) is 4.82. The van der Waals surface area contributed by atoms with Gasteiger partial charge in [-0.15, -0.1) is 0 Å². The predicted molar refractivity (Wildman–Crippen MR) is 74.6 cm³/mol. The molecule has 0 atom stereocenters. The summed E-state index contributed by atoms with van der Waals surface area (Å²) in [5.74, 6) is 2.62. The molecular weight excluding hydrogens is 272 g/mol. The van der Waals surface area contributed by atoms with Gasteiger partial charge in [0.25, 0.3) is 5.79 Å². The molecule has 1 heterocycles. The smallest absolute Gasteiger partial charge is 0.348 e. The first-order chi connectivity index (χ1) is 9.91. The molecule has 0 unspecified atom stereocenters. The van der Waals surface area contributed by atoms with Crippen LogP contribution < -0.4 is 0 Å². The van der Waals surface area contributed by atoms with Crippen molar-refractivity contribution in [3.05, 3.63) is 41.0 Å². The van der Waals surface area contributed by atoms with Crippen molar-refractivity contribution in [2.24, 2.45) is 0 Å². The van der Waals surface area contributed by atoms with Crippen LogP contribution in [0.4, 0.5) is 0 Å². The number of benzene rings is 1. The zero-order chi connectivity index (χ0) is 15.5. The molecule has 1 aliphatic heterocycles. The molecule has 1 aliphatic rings. The summed E-state index contributed by atoms with van der Waals surface area (Å²) in [6.45, 7) is 2.78. The predicted octanol–water partition coefficient (Wildman–Crippen LogP) is 1.25. The number of carbonyl (C=O) groups excluding carboxylic acids is 2. The van der Waals surface area contributed by atoms with E-state index in [0.717, 1.165) is 5.56 Å². The van der Waals surface area contributed by atoms with Gasteiger partial charge in [0.05, 0.1) is 0 Å². The summed E-state index contributed by atoms with van der Waals surface area (Å²) in [6, 6.07) is 6.85. The quantitative estimate of drug-likeness (QED) is 0.364. The first kappa shape index (κ1) is 14.8. The van der Waals surface area contributed by atoms with Crippen LogP contribution in [0.15, 0.2) is 29.8 Å². The summed E-state index contributed by atoms with van der Waals surface area (Å²) >= 11 is 0. The van der Waals surface area contributed by atoms with Crippen molar-refractivity contribution in [3.63, 3.8) is 0 Å². The van der Waals surface area contributed by atoms with Crippen LogP contribution in [0.2, 0.25) is 0 Å². The van der Waals surface area contributed by atoms with Gasteiger partial charge in [0.2, 0.25) is 0 Å². The van der Waals surface area contributed by atoms with E-state index >= 15 is 0 Å². The van der Waals surface area contributed by atoms with Gasteiger partial charge in [-0.2, -0.15) is 0 Å². The Morgan fingerprint density at radius 3 is 2.24 bits per heavy atom. The van der Waals surface area contributed by atoms with Gasteiger partial charge in [0, 0.05) is 19.4 Å². The van der Waals surface area contributed by atoms with E-state index in [1.54, 1.807) is 24.3 Å². The molecule has 1 fully saturated rings. The molecular formula is C16H14O5. The Kier molecular flexibility index (Phi) is 4.10. The van der Waals surface area contributed by atoms with Gasteiger partial charge in [-0.3, -0.25) is 0 Å². The Balaban J connectivity index is 2.23. The second kappa shape index (κ2) is 5.81. The highest BCUT2D eigenvalue weighted by atomic mass is 16.7. The molecule has 0 radical (unpaired) electrons. The number of cyclic esters (lactones) is 2. The van der Waals surface area contributed by atoms with Gasteiger partial charge >= 0.3 is 11.9 Å². The van der Waals surface area contributed by atoms with Gasteiger partial charge in [-0.1, -0.05) is 24.0 Å². The van der Waals surface area contributed by atoms with Crippen LogP contribution in [0.25, 0.3) is 6.08 Å². The van der Waals surface area contributed by atoms with E-state index in [1.165, 1.54) is 19.9 Å². The fourth-order valence-corrected chi connectivity index (χ4v) is 1.75. The molecule has 5 nitrogen and oxygen atoms in total. The number of esters is 2. The number of hydrogen-bond acceptors (Lipinski definition) is 5. The number of aliphatic hydroxyl groups is 1. The molecule has 0 amide bonds. The zero-order valence-electron chi connectivity index (χ0n) is 11.7. The van der Waals surface area contributed by atoms with Crippen LogP contribution >= 0.6 is 0 Å². The molecule has 108 valence electrons. The Morgan fingerprint density at radius 2 is 1.71 bits per heavy atom. The van der Waals surface area contributed by atoms with Gasteiger partial charge in [0.1, 0.15) is 12.2 Å². The van der Waals surface area contributed by atoms with Crippen molar-refractivity contribution in [2.45, 2.75) is 19.6 Å². The zero-order valence-corrected chi connectivity index (χ0v) is 11.7. The second-order valence-corrected chi connectivity index (χ2v) is 4.82. The van der Waals surface area contributed by atoms with E-state index in [9.17, 15) is 9.59 Å². The summed E-state index contributed by atoms with van der Waals surface area (Å²) in [5.41, 5.74) is 1.22. The van der Waals surface area contributed by atoms with E-state index in [-0.39, 0.29) is 12.2 Å². The topological polar surface area (TPSA) is 72.8 Å². The number of ether oxygens (including phenoxy) is 2. The minimum atomic E-state index is -1.24. The highest BCUT2D eigenvalue weighted by Gasteiger charge is 2.38. The Hall–Kier alpha value is -2.58. The molecule has 0 aromatic heterocycles. The number of hydrogen-bond donors (Lipinski definition) is 1. The van der Waals surface area contributed by atoms with Gasteiger partial charge in [0.15, 0.2) is 0 Å². The summed E-state index contributed by atoms with van der Waals surface area (Å²) < 4.78 is 10.0. The Morgan fingerprint density at radius 1 is 1.14 bits per heavy atom. The monoisotopic (exact) mass is 286 g/mol. The lowest BCUT2D eigenvalue weighted by molar-refractivity contribution is -0.222. The standard InChI is InChI=1S/C16H14O5/c1-16(2)20-14(18)13(15(19)21-16)10-12-7-5-11(6-8-12)4-3-9-17/h5-8,10,17H,9H2,1-2H3. The highest BCUT2D eigenvalue weighted by molar-refractivity contribution is 6.18. The Bertz CT molecular complexity index is 634. The van der Waals surface area contributed by atoms with Crippen molar-refractivity contribution < 1.29 is 24.2 Å². The molecule has 2 rings (SSSR count). The normalized spacial score (nSPS) is 16.4. The average Bonchev–Trinajstić information content (AvgIpc) is 2.41. The molecule has 1 aromatic carbocycles. The van der Waals surface area contributed by atoms with E-state index < -0.39 is 17.7 Å². The minimum absolute atomic E-state index is 0.150. The lowest BCUT2D eigenvalue weighted by Crippen LogP contribution is -2.41. The van der Waals surface area contributed by atoms with Crippen molar-refractivity contribution in [3.8, 4) is 11.8 Å². The van der Waals surface area contributed by atoms with Crippen molar-refractivity contribution in [1.29, 1.82) is 0 Å². The maximum atomic E-state index is 11.8. The summed E-state index contributed by atoms with van der Waals surface area (Å²) in [4.78, 5) is 23.6. The fraction of sp³-hybridized carbons (Fsp3) is 0.250. The molecule has 1 N–H and O–H groups in total. The Labute approximate surface area is 122 Å². The van der Waals surface area contributed by atoms with E-state index in [2.05, 4.69) is 11.8 Å². The molecule has 5 heteroatoms.